The van der Waals surface area contributed by atoms with E-state index in [4.69, 9.17) is 4.52 Å². The second-order valence-corrected chi connectivity index (χ2v) is 4.16. The summed E-state index contributed by atoms with van der Waals surface area (Å²) in [5.41, 5.74) is 2.30. The van der Waals surface area contributed by atoms with Crippen LogP contribution in [-0.2, 0) is 0 Å². The first-order chi connectivity index (χ1) is 9.24. The fourth-order valence-corrected chi connectivity index (χ4v) is 1.70. The molecular weight excluding hydrogens is 242 g/mol. The van der Waals surface area contributed by atoms with Crippen LogP contribution < -0.4 is 0 Å². The first-order valence-electron chi connectivity index (χ1n) is 5.79. The van der Waals surface area contributed by atoms with Crippen molar-refractivity contribution in [3.8, 4) is 28.7 Å². The summed E-state index contributed by atoms with van der Waals surface area (Å²) in [4.78, 5) is 8.26. The van der Waals surface area contributed by atoms with E-state index in [1.807, 2.05) is 31.2 Å². The number of aromatic nitrogens is 3. The van der Waals surface area contributed by atoms with E-state index in [0.29, 0.717) is 5.82 Å². The maximum atomic E-state index is 9.69. The molecule has 0 amide bonds. The van der Waals surface area contributed by atoms with Gasteiger partial charge in [0.1, 0.15) is 5.75 Å². The van der Waals surface area contributed by atoms with Crippen molar-refractivity contribution in [1.29, 1.82) is 0 Å². The van der Waals surface area contributed by atoms with Crippen molar-refractivity contribution in [3.05, 3.63) is 48.2 Å². The first kappa shape index (κ1) is 11.4. The molecule has 0 spiro atoms. The van der Waals surface area contributed by atoms with E-state index in [9.17, 15) is 5.11 Å². The number of hydrogen-bond donors (Lipinski definition) is 1. The van der Waals surface area contributed by atoms with Gasteiger partial charge in [-0.25, -0.2) is 4.98 Å². The molecule has 0 aliphatic heterocycles. The van der Waals surface area contributed by atoms with Crippen LogP contribution in [0.3, 0.4) is 0 Å². The normalized spacial score (nSPS) is 10.6. The van der Waals surface area contributed by atoms with Crippen LogP contribution in [0.25, 0.3) is 23.0 Å². The molecule has 1 aromatic carbocycles. The molecule has 0 bridgehead atoms. The van der Waals surface area contributed by atoms with Crippen molar-refractivity contribution in [1.82, 2.24) is 15.1 Å². The van der Waals surface area contributed by atoms with Crippen LogP contribution in [0.4, 0.5) is 0 Å². The SMILES string of the molecule is Cc1ccc(-c2noc(-c3ncccc3O)n2)cc1. The van der Waals surface area contributed by atoms with Gasteiger partial charge in [0.2, 0.25) is 5.82 Å². The third kappa shape index (κ3) is 2.18. The Morgan fingerprint density at radius 2 is 1.89 bits per heavy atom. The topological polar surface area (TPSA) is 72.0 Å². The molecule has 2 heterocycles. The third-order valence-corrected chi connectivity index (χ3v) is 2.72. The molecule has 0 atom stereocenters. The summed E-state index contributed by atoms with van der Waals surface area (Å²) in [6.07, 6.45) is 1.56. The monoisotopic (exact) mass is 253 g/mol. The fraction of sp³-hybridized carbons (Fsp3) is 0.0714. The Labute approximate surface area is 109 Å². The zero-order valence-corrected chi connectivity index (χ0v) is 10.2. The highest BCUT2D eigenvalue weighted by atomic mass is 16.5. The Morgan fingerprint density at radius 3 is 2.63 bits per heavy atom. The summed E-state index contributed by atoms with van der Waals surface area (Å²) in [7, 11) is 0. The minimum atomic E-state index is 0.0154. The van der Waals surface area contributed by atoms with E-state index in [1.165, 1.54) is 6.07 Å². The van der Waals surface area contributed by atoms with Gasteiger partial charge in [0.25, 0.3) is 5.89 Å². The van der Waals surface area contributed by atoms with Crippen LogP contribution in [0.15, 0.2) is 47.1 Å². The van der Waals surface area contributed by atoms with Gasteiger partial charge in [0.05, 0.1) is 0 Å². The van der Waals surface area contributed by atoms with Gasteiger partial charge in [-0.3, -0.25) is 0 Å². The average Bonchev–Trinajstić information content (AvgIpc) is 2.89. The molecule has 19 heavy (non-hydrogen) atoms. The van der Waals surface area contributed by atoms with Crippen LogP contribution in [0.2, 0.25) is 0 Å². The van der Waals surface area contributed by atoms with Crippen LogP contribution in [-0.4, -0.2) is 20.2 Å². The zero-order valence-electron chi connectivity index (χ0n) is 10.2. The molecule has 3 aromatic rings. The maximum absolute atomic E-state index is 9.69. The zero-order chi connectivity index (χ0) is 13.2. The smallest absolute Gasteiger partial charge is 0.280 e. The molecule has 0 unspecified atom stereocenters. The summed E-state index contributed by atoms with van der Waals surface area (Å²) < 4.78 is 5.13. The lowest BCUT2D eigenvalue weighted by molar-refractivity contribution is 0.423. The molecule has 0 aliphatic carbocycles. The number of nitrogens with zero attached hydrogens (tertiary/aromatic N) is 3. The molecule has 0 saturated carbocycles. The fourth-order valence-electron chi connectivity index (χ4n) is 1.70. The van der Waals surface area contributed by atoms with E-state index >= 15 is 0 Å². The van der Waals surface area contributed by atoms with Gasteiger partial charge in [-0.15, -0.1) is 0 Å². The standard InChI is InChI=1S/C14H11N3O2/c1-9-4-6-10(7-5-9)13-16-14(19-17-13)12-11(18)3-2-8-15-12/h2-8,18H,1H3. The van der Waals surface area contributed by atoms with Crippen molar-refractivity contribution in [2.45, 2.75) is 6.92 Å². The Balaban J connectivity index is 2.00. The van der Waals surface area contributed by atoms with Crippen molar-refractivity contribution in [2.75, 3.05) is 0 Å². The molecule has 1 N–H and O–H groups in total. The largest absolute Gasteiger partial charge is 0.505 e. The molecule has 0 radical (unpaired) electrons. The van der Waals surface area contributed by atoms with E-state index < -0.39 is 0 Å². The van der Waals surface area contributed by atoms with Gasteiger partial charge in [-0.1, -0.05) is 35.0 Å². The van der Waals surface area contributed by atoms with E-state index in [0.717, 1.165) is 11.1 Å². The van der Waals surface area contributed by atoms with E-state index in [2.05, 4.69) is 15.1 Å². The average molecular weight is 253 g/mol. The second kappa shape index (κ2) is 4.53. The molecule has 0 fully saturated rings. The van der Waals surface area contributed by atoms with Crippen LogP contribution in [0.5, 0.6) is 5.75 Å². The first-order valence-corrected chi connectivity index (χ1v) is 5.79. The van der Waals surface area contributed by atoms with E-state index in [1.54, 1.807) is 12.3 Å². The van der Waals surface area contributed by atoms with Crippen LogP contribution in [0, 0.1) is 6.92 Å². The van der Waals surface area contributed by atoms with E-state index in [-0.39, 0.29) is 17.3 Å². The number of benzene rings is 1. The molecule has 3 rings (SSSR count). The number of aromatic hydroxyl groups is 1. The molecule has 94 valence electrons. The van der Waals surface area contributed by atoms with Crippen molar-refractivity contribution in [2.24, 2.45) is 0 Å². The number of aryl methyl sites for hydroxylation is 1. The molecule has 2 aromatic heterocycles. The minimum Gasteiger partial charge on any atom is -0.505 e. The predicted molar refractivity (Wildman–Crippen MR) is 69.4 cm³/mol. The lowest BCUT2D eigenvalue weighted by atomic mass is 10.1. The summed E-state index contributed by atoms with van der Waals surface area (Å²) in [6.45, 7) is 2.01. The minimum absolute atomic E-state index is 0.0154. The summed E-state index contributed by atoms with van der Waals surface area (Å²) >= 11 is 0. The molecular formula is C14H11N3O2. The molecule has 5 nitrogen and oxygen atoms in total. The Kier molecular flexibility index (Phi) is 2.72. The van der Waals surface area contributed by atoms with Gasteiger partial charge < -0.3 is 9.63 Å². The van der Waals surface area contributed by atoms with Gasteiger partial charge >= 0.3 is 0 Å². The highest BCUT2D eigenvalue weighted by Gasteiger charge is 2.14. The highest BCUT2D eigenvalue weighted by Crippen LogP contribution is 2.26. The Bertz CT molecular complexity index is 705. The van der Waals surface area contributed by atoms with Crippen molar-refractivity contribution in [3.63, 3.8) is 0 Å². The summed E-state index contributed by atoms with van der Waals surface area (Å²) in [5, 5.41) is 13.6. The highest BCUT2D eigenvalue weighted by molar-refractivity contribution is 5.61. The second-order valence-electron chi connectivity index (χ2n) is 4.16. The van der Waals surface area contributed by atoms with Gasteiger partial charge in [0.15, 0.2) is 5.69 Å². The number of pyridine rings is 1. The number of rotatable bonds is 2. The lowest BCUT2D eigenvalue weighted by Crippen LogP contribution is -1.84. The molecule has 0 aliphatic rings. The Morgan fingerprint density at radius 1 is 1.11 bits per heavy atom. The van der Waals surface area contributed by atoms with Crippen LogP contribution >= 0.6 is 0 Å². The van der Waals surface area contributed by atoms with Crippen molar-refractivity contribution < 1.29 is 9.63 Å². The lowest BCUT2D eigenvalue weighted by Gasteiger charge is -1.96. The van der Waals surface area contributed by atoms with Gasteiger partial charge in [-0.05, 0) is 19.1 Å². The summed E-state index contributed by atoms with van der Waals surface area (Å²) in [5.74, 6) is 0.690. The van der Waals surface area contributed by atoms with Gasteiger partial charge in [0, 0.05) is 11.8 Å². The third-order valence-electron chi connectivity index (χ3n) is 2.72. The predicted octanol–water partition coefficient (Wildman–Crippen LogP) is 2.81. The Hall–Kier alpha value is -2.69. The maximum Gasteiger partial charge on any atom is 0.280 e. The number of hydrogen-bond acceptors (Lipinski definition) is 5. The molecule has 0 saturated heterocycles. The van der Waals surface area contributed by atoms with Crippen LogP contribution in [0.1, 0.15) is 5.56 Å². The van der Waals surface area contributed by atoms with Crippen molar-refractivity contribution >= 4 is 0 Å². The van der Waals surface area contributed by atoms with Gasteiger partial charge in [-0.2, -0.15) is 4.98 Å². The summed E-state index contributed by atoms with van der Waals surface area (Å²) in [6, 6.07) is 11.0. The molecule has 5 heteroatoms. The quantitative estimate of drug-likeness (QED) is 0.760.